The molecule has 0 aliphatic carbocycles. The molecule has 0 saturated heterocycles. The number of rotatable bonds is 7. The summed E-state index contributed by atoms with van der Waals surface area (Å²) in [5, 5.41) is 0. The summed E-state index contributed by atoms with van der Waals surface area (Å²) in [6.45, 7) is 5.34. The van der Waals surface area contributed by atoms with Gasteiger partial charge in [-0.3, -0.25) is 0 Å². The van der Waals surface area contributed by atoms with Gasteiger partial charge in [-0.15, -0.1) is 0 Å². The molecule has 0 bridgehead atoms. The van der Waals surface area contributed by atoms with E-state index >= 15 is 0 Å². The van der Waals surface area contributed by atoms with Gasteiger partial charge in [-0.1, -0.05) is 13.8 Å². The first-order valence-electron chi connectivity index (χ1n) is 4.68. The highest BCUT2D eigenvalue weighted by atomic mass is 16.5. The molecule has 0 N–H and O–H groups in total. The van der Waals surface area contributed by atoms with Gasteiger partial charge in [0.25, 0.3) is 0 Å². The van der Waals surface area contributed by atoms with Crippen molar-refractivity contribution in [1.82, 2.24) is 0 Å². The lowest BCUT2D eigenvalue weighted by molar-refractivity contribution is 0.243. The maximum atomic E-state index is 9.69. The molecule has 0 radical (unpaired) electrons. The monoisotopic (exact) mass is 183 g/mol. The minimum absolute atomic E-state index is 0.505. The number of hydrogen-bond donors (Lipinski definition) is 0. The van der Waals surface area contributed by atoms with Gasteiger partial charge >= 0.3 is 0 Å². The maximum Gasteiger partial charge on any atom is 0.234 e. The molecular formula is C10H17NO2. The number of aliphatic imine (C=N–C) groups is 1. The highest BCUT2D eigenvalue weighted by molar-refractivity contribution is 5.32. The molecule has 0 aromatic carbocycles. The standard InChI is InChI=1S/C10H17NO2/c1-3-10(4-2)8-13-7-5-6-11-9-12/h8H,3-7H2,1-2H3. The van der Waals surface area contributed by atoms with E-state index in [0.29, 0.717) is 13.2 Å². The van der Waals surface area contributed by atoms with Gasteiger partial charge in [0.15, 0.2) is 0 Å². The van der Waals surface area contributed by atoms with Gasteiger partial charge in [0.1, 0.15) is 0 Å². The zero-order valence-electron chi connectivity index (χ0n) is 8.38. The lowest BCUT2D eigenvalue weighted by Crippen LogP contribution is -1.92. The summed E-state index contributed by atoms with van der Waals surface area (Å²) in [5.74, 6) is 0. The van der Waals surface area contributed by atoms with Crippen LogP contribution in [0.3, 0.4) is 0 Å². The summed E-state index contributed by atoms with van der Waals surface area (Å²) in [7, 11) is 0. The SMILES string of the molecule is CCC(=COCCCN=C=O)CC. The van der Waals surface area contributed by atoms with Gasteiger partial charge in [-0.05, 0) is 18.4 Å². The Labute approximate surface area is 79.5 Å². The second-order valence-corrected chi connectivity index (χ2v) is 2.68. The third-order valence-electron chi connectivity index (χ3n) is 1.75. The molecule has 0 aliphatic rings. The number of isocyanates is 1. The fraction of sp³-hybridized carbons (Fsp3) is 0.700. The Balaban J connectivity index is 3.42. The molecule has 0 fully saturated rings. The van der Waals surface area contributed by atoms with Crippen LogP contribution in [0.4, 0.5) is 0 Å². The molecule has 0 aromatic heterocycles. The van der Waals surface area contributed by atoms with Crippen molar-refractivity contribution in [1.29, 1.82) is 0 Å². The fourth-order valence-electron chi connectivity index (χ4n) is 0.866. The zero-order valence-corrected chi connectivity index (χ0v) is 8.38. The third-order valence-corrected chi connectivity index (χ3v) is 1.75. The Kier molecular flexibility index (Phi) is 8.26. The second kappa shape index (κ2) is 9.01. The van der Waals surface area contributed by atoms with E-state index in [1.165, 1.54) is 11.7 Å². The van der Waals surface area contributed by atoms with Crippen molar-refractivity contribution in [2.45, 2.75) is 33.1 Å². The Morgan fingerprint density at radius 1 is 1.46 bits per heavy atom. The van der Waals surface area contributed by atoms with Crippen LogP contribution >= 0.6 is 0 Å². The van der Waals surface area contributed by atoms with Gasteiger partial charge in [0.2, 0.25) is 6.08 Å². The van der Waals surface area contributed by atoms with Crippen molar-refractivity contribution >= 4 is 6.08 Å². The van der Waals surface area contributed by atoms with Crippen LogP contribution in [0, 0.1) is 0 Å². The van der Waals surface area contributed by atoms with Crippen LogP contribution in [0.15, 0.2) is 16.8 Å². The van der Waals surface area contributed by atoms with E-state index in [1.807, 2.05) is 6.26 Å². The van der Waals surface area contributed by atoms with Crippen LogP contribution in [0.2, 0.25) is 0 Å². The van der Waals surface area contributed by atoms with Gasteiger partial charge in [-0.2, -0.15) is 0 Å². The van der Waals surface area contributed by atoms with Crippen molar-refractivity contribution < 1.29 is 9.53 Å². The molecule has 13 heavy (non-hydrogen) atoms. The minimum atomic E-state index is 0.505. The Morgan fingerprint density at radius 3 is 2.69 bits per heavy atom. The summed E-state index contributed by atoms with van der Waals surface area (Å²) in [5.41, 5.74) is 1.30. The number of carbonyl (C=O) groups excluding carboxylic acids is 1. The molecule has 0 rings (SSSR count). The van der Waals surface area contributed by atoms with E-state index in [4.69, 9.17) is 4.74 Å². The highest BCUT2D eigenvalue weighted by Gasteiger charge is 1.89. The molecule has 3 nitrogen and oxygen atoms in total. The van der Waals surface area contributed by atoms with Crippen molar-refractivity contribution in [3.05, 3.63) is 11.8 Å². The van der Waals surface area contributed by atoms with E-state index in [-0.39, 0.29) is 0 Å². The van der Waals surface area contributed by atoms with Crippen molar-refractivity contribution in [3.63, 3.8) is 0 Å². The van der Waals surface area contributed by atoms with Crippen molar-refractivity contribution in [3.8, 4) is 0 Å². The summed E-state index contributed by atoms with van der Waals surface area (Å²) >= 11 is 0. The topological polar surface area (TPSA) is 38.7 Å². The molecule has 0 saturated carbocycles. The first kappa shape index (κ1) is 11.9. The number of allylic oxidation sites excluding steroid dienone is 1. The zero-order chi connectivity index (χ0) is 9.94. The summed E-state index contributed by atoms with van der Waals surface area (Å²) in [6, 6.07) is 0. The van der Waals surface area contributed by atoms with Gasteiger partial charge < -0.3 is 4.74 Å². The lowest BCUT2D eigenvalue weighted by Gasteiger charge is -2.02. The normalized spacial score (nSPS) is 8.77. The third kappa shape index (κ3) is 7.29. The molecule has 0 aliphatic heterocycles. The molecule has 3 heteroatoms. The van der Waals surface area contributed by atoms with E-state index in [2.05, 4.69) is 18.8 Å². The van der Waals surface area contributed by atoms with E-state index in [9.17, 15) is 4.79 Å². The van der Waals surface area contributed by atoms with Crippen molar-refractivity contribution in [2.24, 2.45) is 4.99 Å². The smallest absolute Gasteiger partial charge is 0.234 e. The summed E-state index contributed by atoms with van der Waals surface area (Å²) < 4.78 is 5.27. The second-order valence-electron chi connectivity index (χ2n) is 2.68. The van der Waals surface area contributed by atoms with Gasteiger partial charge in [-0.25, -0.2) is 9.79 Å². The first-order chi connectivity index (χ1) is 6.35. The summed E-state index contributed by atoms with van der Waals surface area (Å²) in [4.78, 5) is 13.1. The van der Waals surface area contributed by atoms with E-state index < -0.39 is 0 Å². The molecule has 0 unspecified atom stereocenters. The Hall–Kier alpha value is -1.08. The average molecular weight is 183 g/mol. The van der Waals surface area contributed by atoms with Crippen LogP contribution in [0.25, 0.3) is 0 Å². The van der Waals surface area contributed by atoms with Crippen LogP contribution in [-0.4, -0.2) is 19.2 Å². The Morgan fingerprint density at radius 2 is 2.15 bits per heavy atom. The molecular weight excluding hydrogens is 166 g/mol. The van der Waals surface area contributed by atoms with Crippen LogP contribution < -0.4 is 0 Å². The van der Waals surface area contributed by atoms with Crippen LogP contribution in [0.5, 0.6) is 0 Å². The summed E-state index contributed by atoms with van der Waals surface area (Å²) in [6.07, 6.45) is 6.14. The molecule has 0 atom stereocenters. The van der Waals surface area contributed by atoms with Crippen LogP contribution in [0.1, 0.15) is 33.1 Å². The molecule has 0 aromatic rings. The maximum absolute atomic E-state index is 9.69. The predicted molar refractivity (Wildman–Crippen MR) is 52.2 cm³/mol. The lowest BCUT2D eigenvalue weighted by atomic mass is 10.2. The molecule has 0 spiro atoms. The molecule has 74 valence electrons. The first-order valence-corrected chi connectivity index (χ1v) is 4.68. The van der Waals surface area contributed by atoms with Gasteiger partial charge in [0.05, 0.1) is 19.4 Å². The van der Waals surface area contributed by atoms with Gasteiger partial charge in [0, 0.05) is 6.42 Å². The molecule has 0 amide bonds. The average Bonchev–Trinajstić information content (AvgIpc) is 2.17. The predicted octanol–water partition coefficient (Wildman–Crippen LogP) is 2.43. The highest BCUT2D eigenvalue weighted by Crippen LogP contribution is 2.05. The van der Waals surface area contributed by atoms with Crippen LogP contribution in [-0.2, 0) is 9.53 Å². The largest absolute Gasteiger partial charge is 0.501 e. The quantitative estimate of drug-likeness (QED) is 0.263. The minimum Gasteiger partial charge on any atom is -0.501 e. The van der Waals surface area contributed by atoms with E-state index in [1.54, 1.807) is 0 Å². The fourth-order valence-corrected chi connectivity index (χ4v) is 0.866. The Bertz CT molecular complexity index is 187. The van der Waals surface area contributed by atoms with Crippen molar-refractivity contribution in [2.75, 3.05) is 13.2 Å². The number of hydrogen-bond acceptors (Lipinski definition) is 3. The number of nitrogens with zero attached hydrogens (tertiary/aromatic N) is 1. The van der Waals surface area contributed by atoms with E-state index in [0.717, 1.165) is 19.3 Å². The molecule has 0 heterocycles. The number of ether oxygens (including phenoxy) is 1.